The molecule has 0 atom stereocenters. The Balaban J connectivity index is -0.000000160. The van der Waals surface area contributed by atoms with E-state index < -0.39 is 15.6 Å². The Kier molecular flexibility index (Phi) is 16.2. The highest BCUT2D eigenvalue weighted by Crippen LogP contribution is 2.26. The number of halogens is 1. The van der Waals surface area contributed by atoms with Crippen LogP contribution in [0.2, 0.25) is 0 Å². The van der Waals surface area contributed by atoms with Crippen molar-refractivity contribution in [2.24, 2.45) is 0 Å². The topological polar surface area (TPSA) is 176 Å². The molecule has 0 rings (SSSR count). The number of unbranched alkanes of at least 4 members (excludes halogenated alkanes) is 1. The van der Waals surface area contributed by atoms with E-state index >= 15 is 0 Å². The number of hydrogen-bond donors (Lipinski definition) is 7. The van der Waals surface area contributed by atoms with Crippen molar-refractivity contribution in [2.45, 2.75) is 12.8 Å². The molecule has 0 fully saturated rings. The van der Waals surface area contributed by atoms with Crippen molar-refractivity contribution in [1.29, 1.82) is 0 Å². The van der Waals surface area contributed by atoms with Crippen LogP contribution in [-0.2, 0) is 9.13 Å². The van der Waals surface area contributed by atoms with E-state index in [0.717, 1.165) is 12.8 Å². The smallest absolute Gasteiger partial charge is 0.396 e. The molecule has 0 spiro atoms. The largest absolute Gasteiger partial charge is 0.466 e. The van der Waals surface area contributed by atoms with E-state index in [1.54, 1.807) is 0 Å². The number of aliphatic hydroxyl groups is 1. The first-order valence-electron chi connectivity index (χ1n) is 3.65. The molecule has 102 valence electrons. The molecule has 0 aliphatic carbocycles. The number of hydrogen-bond acceptors (Lipinski definition) is 3. The molecule has 0 radical (unpaired) electrons. The third-order valence-corrected chi connectivity index (χ3v) is 0.809. The summed E-state index contributed by atoms with van der Waals surface area (Å²) in [6.45, 7) is 0.271. The summed E-state index contributed by atoms with van der Waals surface area (Å²) in [6, 6.07) is 0. The third-order valence-electron chi connectivity index (χ3n) is 0.542. The van der Waals surface area contributed by atoms with Crippen LogP contribution in [0.25, 0.3) is 0 Å². The Morgan fingerprint density at radius 1 is 0.812 bits per heavy atom. The van der Waals surface area contributed by atoms with Crippen molar-refractivity contribution in [3.63, 3.8) is 0 Å². The van der Waals surface area contributed by atoms with E-state index in [1.807, 2.05) is 0 Å². The van der Waals surface area contributed by atoms with Gasteiger partial charge in [-0.1, -0.05) is 0 Å². The summed E-state index contributed by atoms with van der Waals surface area (Å²) in [4.78, 5) is 43.1. The molecule has 0 bridgehead atoms. The Hall–Kier alpha value is 0.470. The van der Waals surface area contributed by atoms with Gasteiger partial charge in [0.25, 0.3) is 0 Å². The minimum Gasteiger partial charge on any atom is -0.396 e. The molecule has 0 aromatic rings. The van der Waals surface area contributed by atoms with Gasteiger partial charge in [0, 0.05) is 12.5 Å². The van der Waals surface area contributed by atoms with E-state index in [4.69, 9.17) is 55.2 Å². The summed E-state index contributed by atoms with van der Waals surface area (Å²) in [6.07, 6.45) is 1.77. The second kappa shape index (κ2) is 11.9. The molecule has 0 saturated heterocycles. The fourth-order valence-electron chi connectivity index (χ4n) is 0.206. The molecule has 0 saturated carbocycles. The van der Waals surface area contributed by atoms with Gasteiger partial charge in [-0.05, 0) is 12.8 Å². The Morgan fingerprint density at radius 3 is 1.12 bits per heavy atom. The first kappa shape index (κ1) is 21.7. The zero-order valence-corrected chi connectivity index (χ0v) is 10.6. The van der Waals surface area contributed by atoms with Crippen LogP contribution in [0.3, 0.4) is 0 Å². The van der Waals surface area contributed by atoms with Crippen molar-refractivity contribution < 1.29 is 43.6 Å². The molecule has 0 heterocycles. The molecular formula is C4H15ClO9P2. The lowest BCUT2D eigenvalue weighted by atomic mass is 10.4. The van der Waals surface area contributed by atoms with Crippen LogP contribution in [0, 0.1) is 0 Å². The second-order valence-electron chi connectivity index (χ2n) is 2.15. The molecule has 16 heavy (non-hydrogen) atoms. The van der Waals surface area contributed by atoms with Gasteiger partial charge in [0.2, 0.25) is 0 Å². The lowest BCUT2D eigenvalue weighted by molar-refractivity contribution is 0.272. The second-order valence-corrected chi connectivity index (χ2v) is 4.58. The molecule has 0 aliphatic heterocycles. The molecule has 7 N–H and O–H groups in total. The van der Waals surface area contributed by atoms with Crippen LogP contribution >= 0.6 is 27.2 Å². The van der Waals surface area contributed by atoms with E-state index in [1.165, 1.54) is 0 Å². The molecule has 0 unspecified atom stereocenters. The molecule has 0 aliphatic rings. The number of rotatable bonds is 3. The van der Waals surface area contributed by atoms with E-state index in [-0.39, 0.29) is 6.61 Å². The van der Waals surface area contributed by atoms with Crippen LogP contribution in [0.4, 0.5) is 0 Å². The standard InChI is InChI=1S/C4H9ClO.2H3O4P/c5-3-1-2-4-6;2*1-5(2,3)4/h6H,1-4H2;2*(H3,1,2,3,4). The van der Waals surface area contributed by atoms with E-state index in [9.17, 15) is 0 Å². The monoisotopic (exact) mass is 304 g/mol. The summed E-state index contributed by atoms with van der Waals surface area (Å²) in [5.41, 5.74) is 0. The Labute approximate surface area is 96.8 Å². The SMILES string of the molecule is O=P(O)(O)O.O=P(O)(O)O.OCCCCCl. The van der Waals surface area contributed by atoms with Crippen LogP contribution < -0.4 is 0 Å². The van der Waals surface area contributed by atoms with Crippen LogP contribution in [0.1, 0.15) is 12.8 Å². The van der Waals surface area contributed by atoms with Crippen LogP contribution in [0.15, 0.2) is 0 Å². The van der Waals surface area contributed by atoms with Crippen LogP contribution in [0.5, 0.6) is 0 Å². The fraction of sp³-hybridized carbons (Fsp3) is 1.00. The first-order valence-corrected chi connectivity index (χ1v) is 7.31. The van der Waals surface area contributed by atoms with Crippen molar-refractivity contribution in [2.75, 3.05) is 12.5 Å². The summed E-state index contributed by atoms with van der Waals surface area (Å²) in [5, 5.41) is 8.14. The molecule has 0 aromatic carbocycles. The van der Waals surface area contributed by atoms with E-state index in [2.05, 4.69) is 0 Å². The number of phosphoric acid groups is 2. The lowest BCUT2D eigenvalue weighted by Gasteiger charge is -1.84. The summed E-state index contributed by atoms with van der Waals surface area (Å²) in [5.74, 6) is 0.667. The first-order chi connectivity index (χ1) is 6.91. The van der Waals surface area contributed by atoms with Gasteiger partial charge >= 0.3 is 15.6 Å². The zero-order valence-electron chi connectivity index (χ0n) is 8.05. The van der Waals surface area contributed by atoms with Crippen molar-refractivity contribution in [3.05, 3.63) is 0 Å². The van der Waals surface area contributed by atoms with Gasteiger partial charge in [-0.15, -0.1) is 11.6 Å². The maximum atomic E-state index is 8.88. The number of alkyl halides is 1. The minimum absolute atomic E-state index is 0.271. The lowest BCUT2D eigenvalue weighted by Crippen LogP contribution is -1.81. The summed E-state index contributed by atoms with van der Waals surface area (Å²) >= 11 is 5.27. The average molecular weight is 305 g/mol. The summed E-state index contributed by atoms with van der Waals surface area (Å²) < 4.78 is 17.8. The highest BCUT2D eigenvalue weighted by Gasteiger charge is 2.00. The third kappa shape index (κ3) is 218. The maximum Gasteiger partial charge on any atom is 0.466 e. The molecular weight excluding hydrogens is 289 g/mol. The van der Waals surface area contributed by atoms with Gasteiger partial charge in [-0.2, -0.15) is 0 Å². The van der Waals surface area contributed by atoms with Gasteiger partial charge in [0.15, 0.2) is 0 Å². The van der Waals surface area contributed by atoms with Gasteiger partial charge in [0.1, 0.15) is 0 Å². The molecule has 12 heteroatoms. The molecule has 0 amide bonds. The average Bonchev–Trinajstić information content (AvgIpc) is 1.94. The van der Waals surface area contributed by atoms with Crippen molar-refractivity contribution in [1.82, 2.24) is 0 Å². The maximum absolute atomic E-state index is 8.88. The van der Waals surface area contributed by atoms with Gasteiger partial charge in [-0.25, -0.2) is 9.13 Å². The molecule has 9 nitrogen and oxygen atoms in total. The quantitative estimate of drug-likeness (QED) is 0.198. The normalized spacial score (nSPS) is 10.8. The summed E-state index contributed by atoms with van der Waals surface area (Å²) in [7, 11) is -9.28. The highest BCUT2D eigenvalue weighted by atomic mass is 35.5. The zero-order chi connectivity index (χ0) is 13.8. The fourth-order valence-corrected chi connectivity index (χ4v) is 0.395. The highest BCUT2D eigenvalue weighted by molar-refractivity contribution is 7.45. The van der Waals surface area contributed by atoms with E-state index in [0.29, 0.717) is 5.88 Å². The molecule has 0 aromatic heterocycles. The predicted octanol–water partition coefficient (Wildman–Crippen LogP) is -0.860. The number of aliphatic hydroxyl groups excluding tert-OH is 1. The van der Waals surface area contributed by atoms with Crippen molar-refractivity contribution >= 4 is 27.2 Å². The Bertz CT molecular complexity index is 181. The predicted molar refractivity (Wildman–Crippen MR) is 55.6 cm³/mol. The van der Waals surface area contributed by atoms with Gasteiger partial charge in [0.05, 0.1) is 0 Å². The van der Waals surface area contributed by atoms with Gasteiger partial charge < -0.3 is 34.5 Å². The van der Waals surface area contributed by atoms with Gasteiger partial charge in [-0.3, -0.25) is 0 Å². The minimum atomic E-state index is -4.64. The van der Waals surface area contributed by atoms with Crippen molar-refractivity contribution in [3.8, 4) is 0 Å². The van der Waals surface area contributed by atoms with Crippen LogP contribution in [-0.4, -0.2) is 47.0 Å². The Morgan fingerprint density at radius 2 is 1.06 bits per heavy atom.